The average Bonchev–Trinajstić information content (AvgIpc) is 2.60. The third-order valence-electron chi connectivity index (χ3n) is 3.97. The van der Waals surface area contributed by atoms with E-state index in [0.717, 1.165) is 24.3 Å². The maximum atomic E-state index is 12.7. The van der Waals surface area contributed by atoms with Gasteiger partial charge in [0.1, 0.15) is 0 Å². The molecule has 134 valence electrons. The van der Waals surface area contributed by atoms with Gasteiger partial charge < -0.3 is 0 Å². The Morgan fingerprint density at radius 2 is 0.731 bits per heavy atom. The van der Waals surface area contributed by atoms with Crippen LogP contribution in [0.2, 0.25) is 0 Å². The molecule has 0 saturated carbocycles. The molecule has 6 heteroatoms. The Kier molecular flexibility index (Phi) is 4.52. The third-order valence-corrected chi connectivity index (χ3v) is 3.97. The number of rotatable bonds is 2. The standard InChI is InChI=1S/C20H12F6/c21-19(22,23)15-9-5-13(6-10-15)17-3-1-2-4-18(17)14-7-11-16(12-8-14)20(24,25)26/h1-12H. The summed E-state index contributed by atoms with van der Waals surface area (Å²) in [6, 6.07) is 16.2. The van der Waals surface area contributed by atoms with Crippen molar-refractivity contribution in [2.75, 3.05) is 0 Å². The molecule has 0 heterocycles. The topological polar surface area (TPSA) is 0 Å². The zero-order valence-electron chi connectivity index (χ0n) is 13.2. The molecule has 0 radical (unpaired) electrons. The molecule has 0 spiro atoms. The average molecular weight is 366 g/mol. The molecular weight excluding hydrogens is 354 g/mol. The first-order valence-corrected chi connectivity index (χ1v) is 7.60. The van der Waals surface area contributed by atoms with Crippen LogP contribution in [-0.2, 0) is 12.4 Å². The number of hydrogen-bond acceptors (Lipinski definition) is 0. The van der Waals surface area contributed by atoms with Crippen molar-refractivity contribution in [3.63, 3.8) is 0 Å². The number of benzene rings is 3. The van der Waals surface area contributed by atoms with Gasteiger partial charge in [-0.1, -0.05) is 48.5 Å². The van der Waals surface area contributed by atoms with Crippen molar-refractivity contribution in [1.29, 1.82) is 0 Å². The summed E-state index contributed by atoms with van der Waals surface area (Å²) in [5.74, 6) is 0. The van der Waals surface area contributed by atoms with Gasteiger partial charge in [-0.25, -0.2) is 0 Å². The van der Waals surface area contributed by atoms with Crippen LogP contribution in [-0.4, -0.2) is 0 Å². The summed E-state index contributed by atoms with van der Waals surface area (Å²) >= 11 is 0. The lowest BCUT2D eigenvalue weighted by Gasteiger charge is -2.13. The first-order chi connectivity index (χ1) is 12.2. The highest BCUT2D eigenvalue weighted by atomic mass is 19.4. The highest BCUT2D eigenvalue weighted by molar-refractivity contribution is 5.83. The van der Waals surface area contributed by atoms with Gasteiger partial charge in [-0.3, -0.25) is 0 Å². The lowest BCUT2D eigenvalue weighted by Crippen LogP contribution is -2.04. The minimum absolute atomic E-state index is 0.550. The van der Waals surface area contributed by atoms with Gasteiger partial charge in [-0.05, 0) is 46.5 Å². The van der Waals surface area contributed by atoms with Crippen LogP contribution in [0.4, 0.5) is 26.3 Å². The van der Waals surface area contributed by atoms with Crippen LogP contribution in [0.5, 0.6) is 0 Å². The Bertz CT molecular complexity index is 811. The smallest absolute Gasteiger partial charge is 0.166 e. The second-order valence-corrected chi connectivity index (χ2v) is 5.70. The molecule has 26 heavy (non-hydrogen) atoms. The summed E-state index contributed by atoms with van der Waals surface area (Å²) < 4.78 is 76.3. The third kappa shape index (κ3) is 3.74. The summed E-state index contributed by atoms with van der Waals surface area (Å²) in [5.41, 5.74) is 0.866. The minimum atomic E-state index is -4.43. The molecule has 0 unspecified atom stereocenters. The molecule has 0 bridgehead atoms. The summed E-state index contributed by atoms with van der Waals surface area (Å²) in [5, 5.41) is 0. The summed E-state index contributed by atoms with van der Waals surface area (Å²) in [6.07, 6.45) is -8.85. The van der Waals surface area contributed by atoms with Crippen molar-refractivity contribution in [1.82, 2.24) is 0 Å². The first kappa shape index (κ1) is 18.0. The van der Waals surface area contributed by atoms with Gasteiger partial charge in [0.15, 0.2) is 0 Å². The molecule has 0 saturated heterocycles. The van der Waals surface area contributed by atoms with Gasteiger partial charge in [0, 0.05) is 0 Å². The molecule has 0 aliphatic rings. The van der Waals surface area contributed by atoms with E-state index in [1.54, 1.807) is 24.3 Å². The Hall–Kier alpha value is -2.76. The fourth-order valence-electron chi connectivity index (χ4n) is 2.66. The zero-order valence-corrected chi connectivity index (χ0v) is 13.2. The van der Waals surface area contributed by atoms with E-state index in [0.29, 0.717) is 22.3 Å². The van der Waals surface area contributed by atoms with Crippen molar-refractivity contribution < 1.29 is 26.3 Å². The molecule has 0 aromatic heterocycles. The Morgan fingerprint density at radius 1 is 0.423 bits per heavy atom. The predicted molar refractivity (Wildman–Crippen MR) is 87.3 cm³/mol. The van der Waals surface area contributed by atoms with Crippen LogP contribution in [0.15, 0.2) is 72.8 Å². The molecular formula is C20H12F6. The van der Waals surface area contributed by atoms with Crippen LogP contribution in [0.3, 0.4) is 0 Å². The number of alkyl halides is 6. The summed E-state index contributed by atoms with van der Waals surface area (Å²) in [6.45, 7) is 0. The fourth-order valence-corrected chi connectivity index (χ4v) is 2.66. The normalized spacial score (nSPS) is 12.2. The van der Waals surface area contributed by atoms with Gasteiger partial charge in [0.25, 0.3) is 0 Å². The van der Waals surface area contributed by atoms with Gasteiger partial charge in [-0.2, -0.15) is 26.3 Å². The molecule has 0 amide bonds. The van der Waals surface area contributed by atoms with E-state index in [9.17, 15) is 26.3 Å². The number of hydrogen-bond donors (Lipinski definition) is 0. The van der Waals surface area contributed by atoms with Crippen LogP contribution < -0.4 is 0 Å². The van der Waals surface area contributed by atoms with Crippen molar-refractivity contribution >= 4 is 0 Å². The van der Waals surface area contributed by atoms with E-state index in [1.165, 1.54) is 24.3 Å². The van der Waals surface area contributed by atoms with Gasteiger partial charge >= 0.3 is 12.4 Å². The maximum absolute atomic E-state index is 12.7. The minimum Gasteiger partial charge on any atom is -0.166 e. The van der Waals surface area contributed by atoms with Gasteiger partial charge in [0.2, 0.25) is 0 Å². The van der Waals surface area contributed by atoms with Crippen molar-refractivity contribution in [3.8, 4) is 22.3 Å². The zero-order chi connectivity index (χ0) is 18.9. The van der Waals surface area contributed by atoms with E-state index < -0.39 is 23.5 Å². The van der Waals surface area contributed by atoms with E-state index in [2.05, 4.69) is 0 Å². The summed E-state index contributed by atoms with van der Waals surface area (Å²) in [4.78, 5) is 0. The van der Waals surface area contributed by atoms with E-state index in [1.807, 2.05) is 0 Å². The molecule has 0 N–H and O–H groups in total. The molecule has 0 fully saturated rings. The first-order valence-electron chi connectivity index (χ1n) is 7.60. The number of halogens is 6. The van der Waals surface area contributed by atoms with E-state index in [-0.39, 0.29) is 0 Å². The maximum Gasteiger partial charge on any atom is 0.416 e. The lowest BCUT2D eigenvalue weighted by atomic mass is 9.93. The van der Waals surface area contributed by atoms with Crippen LogP contribution in [0.1, 0.15) is 11.1 Å². The molecule has 3 aromatic rings. The quantitative estimate of drug-likeness (QED) is 0.426. The molecule has 0 atom stereocenters. The fraction of sp³-hybridized carbons (Fsp3) is 0.100. The highest BCUT2D eigenvalue weighted by Gasteiger charge is 2.31. The van der Waals surface area contributed by atoms with Gasteiger partial charge in [-0.15, -0.1) is 0 Å². The SMILES string of the molecule is FC(F)(F)c1ccc(-c2ccccc2-c2ccc(C(F)(F)F)cc2)cc1. The Balaban J connectivity index is 2.01. The Morgan fingerprint density at radius 3 is 1.00 bits per heavy atom. The summed E-state index contributed by atoms with van der Waals surface area (Å²) in [7, 11) is 0. The van der Waals surface area contributed by atoms with E-state index in [4.69, 9.17) is 0 Å². The van der Waals surface area contributed by atoms with Crippen LogP contribution in [0.25, 0.3) is 22.3 Å². The molecule has 3 rings (SSSR count). The second-order valence-electron chi connectivity index (χ2n) is 5.70. The molecule has 0 aliphatic heterocycles. The Labute approximate surface area is 145 Å². The lowest BCUT2D eigenvalue weighted by molar-refractivity contribution is -0.138. The molecule has 0 aliphatic carbocycles. The highest BCUT2D eigenvalue weighted by Crippen LogP contribution is 2.36. The van der Waals surface area contributed by atoms with Crippen molar-refractivity contribution in [2.45, 2.75) is 12.4 Å². The van der Waals surface area contributed by atoms with E-state index >= 15 is 0 Å². The largest absolute Gasteiger partial charge is 0.416 e. The molecule has 3 aromatic carbocycles. The van der Waals surface area contributed by atoms with Crippen molar-refractivity contribution in [3.05, 3.63) is 83.9 Å². The van der Waals surface area contributed by atoms with Crippen LogP contribution in [0, 0.1) is 0 Å². The van der Waals surface area contributed by atoms with Crippen LogP contribution >= 0.6 is 0 Å². The van der Waals surface area contributed by atoms with Crippen molar-refractivity contribution in [2.24, 2.45) is 0 Å². The molecule has 0 nitrogen and oxygen atoms in total. The van der Waals surface area contributed by atoms with Gasteiger partial charge in [0.05, 0.1) is 11.1 Å². The monoisotopic (exact) mass is 366 g/mol. The second kappa shape index (κ2) is 6.52. The predicted octanol–water partition coefficient (Wildman–Crippen LogP) is 7.06.